The zero-order valence-corrected chi connectivity index (χ0v) is 10.4. The van der Waals surface area contributed by atoms with E-state index in [2.05, 4.69) is 68.3 Å². The molecule has 0 unspecified atom stereocenters. The van der Waals surface area contributed by atoms with Gasteiger partial charge < -0.3 is 4.31 Å². The van der Waals surface area contributed by atoms with Crippen LogP contribution in [0.3, 0.4) is 0 Å². The molecule has 0 heterocycles. The van der Waals surface area contributed by atoms with E-state index in [9.17, 15) is 0 Å². The third-order valence-corrected chi connectivity index (χ3v) is 2.82. The number of benzene rings is 2. The average molecular weight is 229 g/mol. The standard InChI is InChI=1S/C14H15NS/c1-11-4-3-5-13(10-11)12-6-8-14(9-7-12)15(2)16/h3-10,16H,1-2H3. The Labute approximate surface area is 102 Å². The van der Waals surface area contributed by atoms with Gasteiger partial charge in [0.15, 0.2) is 0 Å². The lowest BCUT2D eigenvalue weighted by atomic mass is 10.0. The number of aryl methyl sites for hydroxylation is 1. The van der Waals surface area contributed by atoms with E-state index in [1.807, 2.05) is 7.05 Å². The summed E-state index contributed by atoms with van der Waals surface area (Å²) >= 11 is 4.26. The van der Waals surface area contributed by atoms with Gasteiger partial charge in [0.25, 0.3) is 0 Å². The van der Waals surface area contributed by atoms with E-state index in [1.54, 1.807) is 4.31 Å². The van der Waals surface area contributed by atoms with E-state index in [4.69, 9.17) is 0 Å². The molecule has 1 nitrogen and oxygen atoms in total. The van der Waals surface area contributed by atoms with Gasteiger partial charge in [-0.2, -0.15) is 0 Å². The van der Waals surface area contributed by atoms with Gasteiger partial charge in [-0.15, -0.1) is 0 Å². The minimum absolute atomic E-state index is 1.10. The maximum absolute atomic E-state index is 4.26. The van der Waals surface area contributed by atoms with Crippen molar-refractivity contribution in [2.45, 2.75) is 6.92 Å². The smallest absolute Gasteiger partial charge is 0.0464 e. The van der Waals surface area contributed by atoms with E-state index in [1.165, 1.54) is 16.7 Å². The van der Waals surface area contributed by atoms with Crippen LogP contribution in [0, 0.1) is 6.92 Å². The molecule has 0 radical (unpaired) electrons. The lowest BCUT2D eigenvalue weighted by Gasteiger charge is -2.11. The highest BCUT2D eigenvalue weighted by atomic mass is 32.1. The molecule has 2 aromatic carbocycles. The molecule has 16 heavy (non-hydrogen) atoms. The molecule has 2 aromatic rings. The third kappa shape index (κ3) is 2.39. The number of rotatable bonds is 2. The maximum Gasteiger partial charge on any atom is 0.0464 e. The molecule has 82 valence electrons. The van der Waals surface area contributed by atoms with Crippen LogP contribution in [0.5, 0.6) is 0 Å². The van der Waals surface area contributed by atoms with Crippen LogP contribution in [0.4, 0.5) is 5.69 Å². The van der Waals surface area contributed by atoms with Crippen LogP contribution in [0.25, 0.3) is 11.1 Å². The summed E-state index contributed by atoms with van der Waals surface area (Å²) < 4.78 is 1.81. The van der Waals surface area contributed by atoms with Gasteiger partial charge in [-0.25, -0.2) is 0 Å². The highest BCUT2D eigenvalue weighted by molar-refractivity contribution is 7.81. The lowest BCUT2D eigenvalue weighted by Crippen LogP contribution is -1.99. The molecule has 0 aromatic heterocycles. The molecule has 0 amide bonds. The second-order valence-corrected chi connectivity index (χ2v) is 4.54. The van der Waals surface area contributed by atoms with Crippen LogP contribution in [-0.4, -0.2) is 7.05 Å². The van der Waals surface area contributed by atoms with Crippen molar-refractivity contribution in [3.8, 4) is 11.1 Å². The fourth-order valence-corrected chi connectivity index (χ4v) is 1.83. The molecule has 0 aliphatic carbocycles. The van der Waals surface area contributed by atoms with Gasteiger partial charge in [-0.1, -0.05) is 54.8 Å². The van der Waals surface area contributed by atoms with Crippen LogP contribution in [0.15, 0.2) is 48.5 Å². The Morgan fingerprint density at radius 1 is 0.938 bits per heavy atom. The van der Waals surface area contributed by atoms with Gasteiger partial charge in [0, 0.05) is 12.7 Å². The van der Waals surface area contributed by atoms with E-state index < -0.39 is 0 Å². The molecule has 2 rings (SSSR count). The summed E-state index contributed by atoms with van der Waals surface area (Å²) in [7, 11) is 1.92. The first-order valence-corrected chi connectivity index (χ1v) is 5.66. The van der Waals surface area contributed by atoms with Crippen molar-refractivity contribution in [2.24, 2.45) is 0 Å². The Morgan fingerprint density at radius 3 is 2.19 bits per heavy atom. The van der Waals surface area contributed by atoms with E-state index in [-0.39, 0.29) is 0 Å². The zero-order chi connectivity index (χ0) is 11.5. The third-order valence-electron chi connectivity index (χ3n) is 2.59. The van der Waals surface area contributed by atoms with Crippen molar-refractivity contribution in [1.29, 1.82) is 0 Å². The second kappa shape index (κ2) is 4.62. The molecule has 2 heteroatoms. The minimum atomic E-state index is 1.10. The first-order valence-electron chi connectivity index (χ1n) is 5.26. The van der Waals surface area contributed by atoms with Crippen LogP contribution in [0.1, 0.15) is 5.56 Å². The Kier molecular flexibility index (Phi) is 3.20. The Balaban J connectivity index is 2.35. The Hall–Kier alpha value is -1.41. The van der Waals surface area contributed by atoms with Gasteiger partial charge in [-0.3, -0.25) is 0 Å². The predicted molar refractivity (Wildman–Crippen MR) is 74.0 cm³/mol. The second-order valence-electron chi connectivity index (χ2n) is 3.94. The molecular formula is C14H15NS. The number of thiol groups is 1. The first kappa shape index (κ1) is 11.1. The van der Waals surface area contributed by atoms with Crippen LogP contribution in [0.2, 0.25) is 0 Å². The van der Waals surface area contributed by atoms with Crippen molar-refractivity contribution < 1.29 is 0 Å². The van der Waals surface area contributed by atoms with Crippen LogP contribution >= 0.6 is 12.8 Å². The molecule has 0 N–H and O–H groups in total. The number of anilines is 1. The Bertz CT molecular complexity index is 474. The monoisotopic (exact) mass is 229 g/mol. The minimum Gasteiger partial charge on any atom is -0.322 e. The zero-order valence-electron chi connectivity index (χ0n) is 9.51. The number of nitrogens with zero attached hydrogens (tertiary/aromatic N) is 1. The topological polar surface area (TPSA) is 3.24 Å². The summed E-state index contributed by atoms with van der Waals surface area (Å²) in [6, 6.07) is 16.9. The fourth-order valence-electron chi connectivity index (χ4n) is 1.69. The van der Waals surface area contributed by atoms with Gasteiger partial charge in [0.2, 0.25) is 0 Å². The SMILES string of the molecule is Cc1cccc(-c2ccc(N(C)S)cc2)c1. The molecule has 0 spiro atoms. The van der Waals surface area contributed by atoms with Gasteiger partial charge in [-0.05, 0) is 30.2 Å². The molecule has 0 saturated carbocycles. The number of hydrogen-bond acceptors (Lipinski definition) is 2. The van der Waals surface area contributed by atoms with Crippen molar-refractivity contribution in [3.63, 3.8) is 0 Å². The van der Waals surface area contributed by atoms with E-state index in [0.717, 1.165) is 5.69 Å². The van der Waals surface area contributed by atoms with Crippen molar-refractivity contribution in [2.75, 3.05) is 11.4 Å². The summed E-state index contributed by atoms with van der Waals surface area (Å²) in [4.78, 5) is 0. The molecule has 0 aliphatic rings. The number of hydrogen-bond donors (Lipinski definition) is 1. The molecule has 0 aliphatic heterocycles. The molecule has 0 saturated heterocycles. The summed E-state index contributed by atoms with van der Waals surface area (Å²) in [5.41, 5.74) is 4.88. The average Bonchev–Trinajstić information content (AvgIpc) is 2.29. The normalized spacial score (nSPS) is 10.2. The molecular weight excluding hydrogens is 214 g/mol. The predicted octanol–water partition coefficient (Wildman–Crippen LogP) is 3.94. The first-order chi connectivity index (χ1) is 7.66. The van der Waals surface area contributed by atoms with Gasteiger partial charge >= 0.3 is 0 Å². The highest BCUT2D eigenvalue weighted by Gasteiger charge is 1.99. The van der Waals surface area contributed by atoms with E-state index in [0.29, 0.717) is 0 Å². The van der Waals surface area contributed by atoms with E-state index >= 15 is 0 Å². The molecule has 0 fully saturated rings. The van der Waals surface area contributed by atoms with Crippen LogP contribution < -0.4 is 4.31 Å². The Morgan fingerprint density at radius 2 is 1.62 bits per heavy atom. The quantitative estimate of drug-likeness (QED) is 0.763. The lowest BCUT2D eigenvalue weighted by molar-refractivity contribution is 1.37. The summed E-state index contributed by atoms with van der Waals surface area (Å²) in [6.45, 7) is 2.11. The molecule has 0 bridgehead atoms. The summed E-state index contributed by atoms with van der Waals surface area (Å²) in [5.74, 6) is 0. The van der Waals surface area contributed by atoms with Gasteiger partial charge in [0.05, 0.1) is 0 Å². The van der Waals surface area contributed by atoms with Crippen LogP contribution in [-0.2, 0) is 0 Å². The maximum atomic E-state index is 4.26. The summed E-state index contributed by atoms with van der Waals surface area (Å²) in [5, 5.41) is 0. The summed E-state index contributed by atoms with van der Waals surface area (Å²) in [6.07, 6.45) is 0. The van der Waals surface area contributed by atoms with Crippen molar-refractivity contribution >= 4 is 18.5 Å². The van der Waals surface area contributed by atoms with Crippen molar-refractivity contribution in [3.05, 3.63) is 54.1 Å². The fraction of sp³-hybridized carbons (Fsp3) is 0.143. The van der Waals surface area contributed by atoms with Crippen molar-refractivity contribution in [1.82, 2.24) is 0 Å². The molecule has 0 atom stereocenters. The highest BCUT2D eigenvalue weighted by Crippen LogP contribution is 2.23. The van der Waals surface area contributed by atoms with Gasteiger partial charge in [0.1, 0.15) is 0 Å². The largest absolute Gasteiger partial charge is 0.322 e.